The van der Waals surface area contributed by atoms with E-state index in [2.05, 4.69) is 20.9 Å². The van der Waals surface area contributed by atoms with Crippen molar-refractivity contribution in [2.45, 2.75) is 122 Å². The number of carbonyl (C=O) groups is 3. The Morgan fingerprint density at radius 3 is 2.13 bits per heavy atom. The molecule has 1 heterocycles. The van der Waals surface area contributed by atoms with Gasteiger partial charge in [-0.05, 0) is 85.1 Å². The van der Waals surface area contributed by atoms with Crippen LogP contribution in [0.4, 0.5) is 4.79 Å². The molecule has 1 aromatic carbocycles. The Labute approximate surface area is 282 Å². The van der Waals surface area contributed by atoms with Crippen LogP contribution in [0, 0.1) is 11.8 Å². The molecule has 4 amide bonds. The summed E-state index contributed by atoms with van der Waals surface area (Å²) in [6.45, 7) is 13.9. The number of hydrogen-bond donors (Lipinski definition) is 4. The van der Waals surface area contributed by atoms with Crippen molar-refractivity contribution < 1.29 is 27.9 Å². The fourth-order valence-corrected chi connectivity index (χ4v) is 7.50. The first-order valence-corrected chi connectivity index (χ1v) is 19.1. The molecule has 6 atom stereocenters. The van der Waals surface area contributed by atoms with Crippen molar-refractivity contribution >= 4 is 27.7 Å². The van der Waals surface area contributed by atoms with Crippen LogP contribution in [0.2, 0.25) is 0 Å². The molecule has 0 spiro atoms. The molecule has 0 bridgehead atoms. The Morgan fingerprint density at radius 2 is 1.57 bits per heavy atom. The van der Waals surface area contributed by atoms with E-state index in [1.165, 1.54) is 25.2 Å². The van der Waals surface area contributed by atoms with Crippen molar-refractivity contribution in [2.75, 3.05) is 32.4 Å². The number of carbonyl (C=O) groups excluding carboxylic acids is 3. The summed E-state index contributed by atoms with van der Waals surface area (Å²) < 4.78 is 24.2. The second kappa shape index (κ2) is 16.1. The fraction of sp³-hybridized carbons (Fsp3) is 0.743. The number of fused-ring (bicyclic) bond motifs is 1. The standard InChI is InChI=1S/C35H59N5O6S/c1-9-39(10-2)33(44)37-30(35(6,7)47(8,45)46)32(43)36-27(20-24-16-12-11-13-17-24)29(41)23-40-22-26-19-15-14-18-25(26)21-28(40)31(42)38-34(3,4)5/h11-13,16-17,25-30,41H,9-10,14-15,18-23H2,1-8H3,(H,36,43)(H,37,44)(H,38,42)/t25-,26+,27?,28?,29?,30+/m0/s1. The van der Waals surface area contributed by atoms with Crippen LogP contribution < -0.4 is 16.0 Å². The lowest BCUT2D eigenvalue weighted by atomic mass is 9.72. The van der Waals surface area contributed by atoms with Crippen molar-refractivity contribution in [3.8, 4) is 0 Å². The van der Waals surface area contributed by atoms with Gasteiger partial charge in [0.2, 0.25) is 11.8 Å². The van der Waals surface area contributed by atoms with Gasteiger partial charge in [-0.25, -0.2) is 13.2 Å². The van der Waals surface area contributed by atoms with Gasteiger partial charge in [0.1, 0.15) is 6.04 Å². The van der Waals surface area contributed by atoms with Crippen molar-refractivity contribution in [1.29, 1.82) is 0 Å². The SMILES string of the molecule is CCN(CC)C(=O)N[C@H](C(=O)NC(Cc1ccccc1)C(O)CN1C[C@H]2CCCC[C@H]2CC1C(=O)NC(C)(C)C)C(C)(C)S(C)(=O)=O. The molecule has 0 radical (unpaired) electrons. The number of aliphatic hydroxyl groups is 1. The van der Waals surface area contributed by atoms with E-state index in [1.54, 1.807) is 13.8 Å². The highest BCUT2D eigenvalue weighted by Gasteiger charge is 2.46. The normalized spacial score (nSPS) is 22.7. The summed E-state index contributed by atoms with van der Waals surface area (Å²) in [4.78, 5) is 44.4. The maximum Gasteiger partial charge on any atom is 0.318 e. The lowest BCUT2D eigenvalue weighted by Crippen LogP contribution is -2.65. The second-order valence-electron chi connectivity index (χ2n) is 15.1. The summed E-state index contributed by atoms with van der Waals surface area (Å²) in [6, 6.07) is 6.22. The second-order valence-corrected chi connectivity index (χ2v) is 17.6. The zero-order valence-electron chi connectivity index (χ0n) is 29.7. The van der Waals surface area contributed by atoms with Crippen molar-refractivity contribution in [3.63, 3.8) is 0 Å². The Hall–Kier alpha value is -2.70. The number of likely N-dealkylation sites (tertiary alicyclic amines) is 1. The van der Waals surface area contributed by atoms with Crippen LogP contribution >= 0.6 is 0 Å². The van der Waals surface area contributed by atoms with Crippen LogP contribution in [-0.2, 0) is 25.8 Å². The van der Waals surface area contributed by atoms with Gasteiger partial charge in [0, 0.05) is 38.0 Å². The van der Waals surface area contributed by atoms with Crippen LogP contribution in [0.25, 0.3) is 0 Å². The van der Waals surface area contributed by atoms with Crippen molar-refractivity contribution in [1.82, 2.24) is 25.8 Å². The molecule has 266 valence electrons. The monoisotopic (exact) mass is 677 g/mol. The molecule has 11 nitrogen and oxygen atoms in total. The number of rotatable bonds is 13. The van der Waals surface area contributed by atoms with Gasteiger partial charge in [-0.1, -0.05) is 49.6 Å². The highest BCUT2D eigenvalue weighted by molar-refractivity contribution is 7.92. The van der Waals surface area contributed by atoms with E-state index < -0.39 is 56.3 Å². The van der Waals surface area contributed by atoms with Gasteiger partial charge < -0.3 is 26.0 Å². The predicted octanol–water partition coefficient (Wildman–Crippen LogP) is 3.11. The molecule has 3 rings (SSSR count). The minimum absolute atomic E-state index is 0.0635. The quantitative estimate of drug-likeness (QED) is 0.251. The first kappa shape index (κ1) is 38.7. The number of sulfone groups is 1. The molecule has 2 fully saturated rings. The summed E-state index contributed by atoms with van der Waals surface area (Å²) in [6.07, 6.45) is 5.44. The van der Waals surface area contributed by atoms with Crippen LogP contribution in [0.5, 0.6) is 0 Å². The van der Waals surface area contributed by atoms with Crippen LogP contribution in [0.3, 0.4) is 0 Å². The largest absolute Gasteiger partial charge is 0.390 e. The maximum absolute atomic E-state index is 14.1. The number of urea groups is 1. The van der Waals surface area contributed by atoms with Gasteiger partial charge in [-0.2, -0.15) is 0 Å². The molecule has 1 aliphatic heterocycles. The minimum atomic E-state index is -3.82. The molecular formula is C35H59N5O6S. The number of aliphatic hydroxyl groups excluding tert-OH is 1. The summed E-state index contributed by atoms with van der Waals surface area (Å²) >= 11 is 0. The number of benzene rings is 1. The average Bonchev–Trinajstić information content (AvgIpc) is 2.98. The minimum Gasteiger partial charge on any atom is -0.390 e. The van der Waals surface area contributed by atoms with E-state index in [-0.39, 0.29) is 18.9 Å². The Balaban J connectivity index is 1.94. The third-order valence-corrected chi connectivity index (χ3v) is 12.2. The maximum atomic E-state index is 14.1. The van der Waals surface area contributed by atoms with Gasteiger partial charge in [0.15, 0.2) is 9.84 Å². The smallest absolute Gasteiger partial charge is 0.318 e. The summed E-state index contributed by atoms with van der Waals surface area (Å²) in [5.41, 5.74) is 0.460. The zero-order chi connectivity index (χ0) is 35.2. The Bertz CT molecular complexity index is 1310. The highest BCUT2D eigenvalue weighted by Crippen LogP contribution is 2.39. The van der Waals surface area contributed by atoms with Crippen LogP contribution in [0.15, 0.2) is 30.3 Å². The van der Waals surface area contributed by atoms with Crippen molar-refractivity contribution in [3.05, 3.63) is 35.9 Å². The summed E-state index contributed by atoms with van der Waals surface area (Å²) in [5.74, 6) is 0.133. The van der Waals surface area contributed by atoms with Crippen LogP contribution in [0.1, 0.15) is 86.1 Å². The van der Waals surface area contributed by atoms with Crippen LogP contribution in [-0.4, -0.2) is 108 Å². The molecule has 2 aliphatic rings. The van der Waals surface area contributed by atoms with Gasteiger partial charge in [0.25, 0.3) is 0 Å². The zero-order valence-corrected chi connectivity index (χ0v) is 30.5. The number of hydrogen-bond acceptors (Lipinski definition) is 7. The number of amides is 4. The first-order valence-electron chi connectivity index (χ1n) is 17.2. The van der Waals surface area contributed by atoms with E-state index in [9.17, 15) is 27.9 Å². The predicted molar refractivity (Wildman–Crippen MR) is 186 cm³/mol. The first-order chi connectivity index (χ1) is 21.9. The van der Waals surface area contributed by atoms with Gasteiger partial charge >= 0.3 is 6.03 Å². The number of β-amino-alcohol motifs (C(OH)–C–C–N with tert-alkyl or cyclic N) is 1. The average molecular weight is 678 g/mol. The molecule has 0 aromatic heterocycles. The summed E-state index contributed by atoms with van der Waals surface area (Å²) in [7, 11) is -3.82. The fourth-order valence-electron chi connectivity index (χ4n) is 6.91. The molecule has 1 saturated carbocycles. The molecular weight excluding hydrogens is 618 g/mol. The molecule has 12 heteroatoms. The van der Waals surface area contributed by atoms with Gasteiger partial charge in [0.05, 0.1) is 22.9 Å². The molecule has 1 aliphatic carbocycles. The molecule has 1 saturated heterocycles. The lowest BCUT2D eigenvalue weighted by molar-refractivity contribution is -0.133. The molecule has 1 aromatic rings. The third kappa shape index (κ3) is 10.4. The van der Waals surface area contributed by atoms with Gasteiger partial charge in [-0.3, -0.25) is 14.5 Å². The van der Waals surface area contributed by atoms with Gasteiger partial charge in [-0.15, -0.1) is 0 Å². The number of nitrogens with zero attached hydrogens (tertiary/aromatic N) is 2. The van der Waals surface area contributed by atoms with E-state index in [0.29, 0.717) is 31.5 Å². The van der Waals surface area contributed by atoms with Crippen molar-refractivity contribution in [2.24, 2.45) is 11.8 Å². The van der Waals surface area contributed by atoms with E-state index in [1.807, 2.05) is 51.1 Å². The summed E-state index contributed by atoms with van der Waals surface area (Å²) in [5, 5.41) is 20.6. The molecule has 3 unspecified atom stereocenters. The third-order valence-electron chi connectivity index (χ3n) is 10.0. The van der Waals surface area contributed by atoms with E-state index in [0.717, 1.165) is 37.5 Å². The topological polar surface area (TPSA) is 148 Å². The Kier molecular flexibility index (Phi) is 13.3. The number of piperidine rings is 1. The molecule has 47 heavy (non-hydrogen) atoms. The Morgan fingerprint density at radius 1 is 0.979 bits per heavy atom. The van der Waals surface area contributed by atoms with E-state index >= 15 is 0 Å². The highest BCUT2D eigenvalue weighted by atomic mass is 32.2. The lowest BCUT2D eigenvalue weighted by Gasteiger charge is -2.47. The molecule has 4 N–H and O–H groups in total. The number of nitrogens with one attached hydrogen (secondary N) is 3. The van der Waals surface area contributed by atoms with E-state index in [4.69, 9.17) is 0 Å².